The Morgan fingerprint density at radius 2 is 1.70 bits per heavy atom. The quantitative estimate of drug-likeness (QED) is 0.597. The molecule has 0 aromatic heterocycles. The molecule has 0 atom stereocenters. The van der Waals surface area contributed by atoms with Crippen LogP contribution in [0.15, 0.2) is 53.2 Å². The summed E-state index contributed by atoms with van der Waals surface area (Å²) in [6, 6.07) is 13.3. The van der Waals surface area contributed by atoms with Gasteiger partial charge in [-0.2, -0.15) is 0 Å². The Labute approximate surface area is 159 Å². The van der Waals surface area contributed by atoms with Gasteiger partial charge in [-0.15, -0.1) is 0 Å². The Bertz CT molecular complexity index is 918. The van der Waals surface area contributed by atoms with Crippen LogP contribution in [0, 0.1) is 0 Å². The third kappa shape index (κ3) is 3.87. The van der Waals surface area contributed by atoms with Crippen LogP contribution in [-0.2, 0) is 14.9 Å². The number of carbonyl (C=O) groups is 1. The lowest BCUT2D eigenvalue weighted by molar-refractivity contribution is -0.129. The van der Waals surface area contributed by atoms with Crippen molar-refractivity contribution in [1.82, 2.24) is 0 Å². The Balaban J connectivity index is 1.94. The van der Waals surface area contributed by atoms with Gasteiger partial charge in [0.25, 0.3) is 0 Å². The van der Waals surface area contributed by atoms with Gasteiger partial charge in [0.2, 0.25) is 5.90 Å². The maximum atomic E-state index is 12.3. The fraction of sp³-hybridized carbons (Fsp3) is 0.273. The highest BCUT2D eigenvalue weighted by molar-refractivity contribution is 6.13. The molecular weight excluding hydrogens is 342 g/mol. The molecule has 0 fully saturated rings. The molecule has 0 bridgehead atoms. The summed E-state index contributed by atoms with van der Waals surface area (Å²) in [5.41, 5.74) is 2.93. The third-order valence-electron chi connectivity index (χ3n) is 4.34. The van der Waals surface area contributed by atoms with Crippen molar-refractivity contribution in [2.45, 2.75) is 26.2 Å². The van der Waals surface area contributed by atoms with Gasteiger partial charge >= 0.3 is 5.97 Å². The number of esters is 1. The van der Waals surface area contributed by atoms with Crippen molar-refractivity contribution in [2.75, 3.05) is 14.2 Å². The summed E-state index contributed by atoms with van der Waals surface area (Å²) in [4.78, 5) is 16.6. The van der Waals surface area contributed by atoms with Gasteiger partial charge in [-0.05, 0) is 35.3 Å². The molecule has 5 heteroatoms. The largest absolute Gasteiger partial charge is 0.493 e. The monoisotopic (exact) mass is 365 g/mol. The standard InChI is InChI=1S/C22H23NO4/c1-22(2,3)16-11-9-14(10-12-16)20-23-17(21(24)27-20)13-15-7-6-8-18(25-4)19(15)26-5/h6-13H,1-5H3/b17-13-. The molecule has 0 saturated heterocycles. The number of hydrogen-bond donors (Lipinski definition) is 0. The van der Waals surface area contributed by atoms with Crippen LogP contribution < -0.4 is 9.47 Å². The molecule has 1 aliphatic rings. The van der Waals surface area contributed by atoms with Crippen LogP contribution in [0.25, 0.3) is 6.08 Å². The molecule has 0 unspecified atom stereocenters. The van der Waals surface area contributed by atoms with Crippen molar-refractivity contribution in [3.05, 3.63) is 64.9 Å². The number of hydrogen-bond acceptors (Lipinski definition) is 5. The van der Waals surface area contributed by atoms with Gasteiger partial charge in [0.15, 0.2) is 17.2 Å². The molecule has 0 radical (unpaired) electrons. The lowest BCUT2D eigenvalue weighted by Crippen LogP contribution is -2.11. The Morgan fingerprint density at radius 3 is 2.30 bits per heavy atom. The fourth-order valence-corrected chi connectivity index (χ4v) is 2.82. The van der Waals surface area contributed by atoms with Gasteiger partial charge in [0.1, 0.15) is 0 Å². The molecule has 140 valence electrons. The predicted molar refractivity (Wildman–Crippen MR) is 105 cm³/mol. The van der Waals surface area contributed by atoms with Crippen LogP contribution in [-0.4, -0.2) is 26.1 Å². The zero-order chi connectivity index (χ0) is 19.6. The number of benzene rings is 2. The first-order valence-corrected chi connectivity index (χ1v) is 8.68. The second-order valence-corrected chi connectivity index (χ2v) is 7.25. The number of cyclic esters (lactones) is 1. The van der Waals surface area contributed by atoms with Crippen LogP contribution in [0.3, 0.4) is 0 Å². The summed E-state index contributed by atoms with van der Waals surface area (Å²) in [5, 5.41) is 0. The average Bonchev–Trinajstić information content (AvgIpc) is 3.01. The maximum absolute atomic E-state index is 12.3. The number of methoxy groups -OCH3 is 2. The summed E-state index contributed by atoms with van der Waals surface area (Å²) in [7, 11) is 3.12. The summed E-state index contributed by atoms with van der Waals surface area (Å²) in [6.45, 7) is 6.45. The van der Waals surface area contributed by atoms with E-state index in [9.17, 15) is 4.79 Å². The zero-order valence-corrected chi connectivity index (χ0v) is 16.2. The predicted octanol–water partition coefficient (Wildman–Crippen LogP) is 4.35. The van der Waals surface area contributed by atoms with Crippen molar-refractivity contribution in [3.8, 4) is 11.5 Å². The number of rotatable bonds is 4. The van der Waals surface area contributed by atoms with Crippen molar-refractivity contribution in [3.63, 3.8) is 0 Å². The minimum Gasteiger partial charge on any atom is -0.493 e. The highest BCUT2D eigenvalue weighted by atomic mass is 16.6. The van der Waals surface area contributed by atoms with E-state index in [2.05, 4.69) is 25.8 Å². The van der Waals surface area contributed by atoms with E-state index in [1.54, 1.807) is 26.4 Å². The summed E-state index contributed by atoms with van der Waals surface area (Å²) in [6.07, 6.45) is 1.64. The maximum Gasteiger partial charge on any atom is 0.363 e. The average molecular weight is 365 g/mol. The Morgan fingerprint density at radius 1 is 1.00 bits per heavy atom. The van der Waals surface area contributed by atoms with Crippen LogP contribution in [0.1, 0.15) is 37.5 Å². The van der Waals surface area contributed by atoms with Gasteiger partial charge in [-0.3, -0.25) is 0 Å². The molecule has 0 aliphatic carbocycles. The van der Waals surface area contributed by atoms with Gasteiger partial charge in [0, 0.05) is 11.1 Å². The second-order valence-electron chi connectivity index (χ2n) is 7.25. The molecule has 3 rings (SSSR count). The van der Waals surface area contributed by atoms with Gasteiger partial charge in [-0.1, -0.05) is 45.0 Å². The molecule has 1 heterocycles. The highest BCUT2D eigenvalue weighted by Crippen LogP contribution is 2.33. The van der Waals surface area contributed by atoms with E-state index in [1.165, 1.54) is 5.56 Å². The van der Waals surface area contributed by atoms with Crippen molar-refractivity contribution in [1.29, 1.82) is 0 Å². The van der Waals surface area contributed by atoms with Gasteiger partial charge in [-0.25, -0.2) is 9.79 Å². The van der Waals surface area contributed by atoms with E-state index >= 15 is 0 Å². The van der Waals surface area contributed by atoms with Crippen molar-refractivity contribution in [2.24, 2.45) is 4.99 Å². The van der Waals surface area contributed by atoms with E-state index < -0.39 is 5.97 Å². The third-order valence-corrected chi connectivity index (χ3v) is 4.34. The first kappa shape index (κ1) is 18.7. The van der Waals surface area contributed by atoms with E-state index in [-0.39, 0.29) is 11.1 Å². The molecule has 0 spiro atoms. The number of aliphatic imine (C=N–C) groups is 1. The van der Waals surface area contributed by atoms with Gasteiger partial charge < -0.3 is 14.2 Å². The van der Waals surface area contributed by atoms with E-state index in [1.807, 2.05) is 36.4 Å². The molecule has 0 N–H and O–H groups in total. The first-order chi connectivity index (χ1) is 12.8. The van der Waals surface area contributed by atoms with E-state index in [0.29, 0.717) is 23.0 Å². The van der Waals surface area contributed by atoms with Crippen LogP contribution in [0.5, 0.6) is 11.5 Å². The number of carbonyl (C=O) groups excluding carboxylic acids is 1. The SMILES string of the molecule is COc1cccc(/C=C2\N=C(c3ccc(C(C)(C)C)cc3)OC2=O)c1OC. The van der Waals surface area contributed by atoms with E-state index in [0.717, 1.165) is 5.56 Å². The van der Waals surface area contributed by atoms with Gasteiger partial charge in [0.05, 0.1) is 14.2 Å². The molecule has 1 aliphatic heterocycles. The number of nitrogens with zero attached hydrogens (tertiary/aromatic N) is 1. The number of ether oxygens (including phenoxy) is 3. The second kappa shape index (κ2) is 7.27. The fourth-order valence-electron chi connectivity index (χ4n) is 2.82. The normalized spacial score (nSPS) is 15.5. The topological polar surface area (TPSA) is 57.1 Å². The highest BCUT2D eigenvalue weighted by Gasteiger charge is 2.25. The molecule has 5 nitrogen and oxygen atoms in total. The smallest absolute Gasteiger partial charge is 0.363 e. The molecule has 2 aromatic carbocycles. The molecule has 0 amide bonds. The Kier molecular flexibility index (Phi) is 5.04. The molecule has 2 aromatic rings. The summed E-state index contributed by atoms with van der Waals surface area (Å²) in [5.74, 6) is 0.932. The van der Waals surface area contributed by atoms with E-state index in [4.69, 9.17) is 14.2 Å². The zero-order valence-electron chi connectivity index (χ0n) is 16.2. The van der Waals surface area contributed by atoms with Crippen LogP contribution >= 0.6 is 0 Å². The Hall–Kier alpha value is -3.08. The van der Waals surface area contributed by atoms with Crippen LogP contribution in [0.4, 0.5) is 0 Å². The minimum atomic E-state index is -0.491. The van der Waals surface area contributed by atoms with Crippen LogP contribution in [0.2, 0.25) is 0 Å². The molecule has 27 heavy (non-hydrogen) atoms. The first-order valence-electron chi connectivity index (χ1n) is 8.68. The lowest BCUT2D eigenvalue weighted by Gasteiger charge is -2.18. The summed E-state index contributed by atoms with van der Waals surface area (Å²) >= 11 is 0. The molecular formula is C22H23NO4. The number of para-hydroxylation sites is 1. The summed E-state index contributed by atoms with van der Waals surface area (Å²) < 4.78 is 16.0. The van der Waals surface area contributed by atoms with Crippen molar-refractivity contribution >= 4 is 17.9 Å². The molecule has 0 saturated carbocycles. The van der Waals surface area contributed by atoms with Crippen molar-refractivity contribution < 1.29 is 19.0 Å². The lowest BCUT2D eigenvalue weighted by atomic mass is 9.87. The minimum absolute atomic E-state index is 0.0562.